The summed E-state index contributed by atoms with van der Waals surface area (Å²) in [5, 5.41) is 3.87. The smallest absolute Gasteiger partial charge is 0.257 e. The molecule has 8 heteroatoms. The molecule has 3 rings (SSSR count). The molecular formula is C15H22N6O2. The fourth-order valence-corrected chi connectivity index (χ4v) is 2.99. The lowest BCUT2D eigenvalue weighted by Crippen LogP contribution is -2.38. The standard InChI is InChI=1S/C15H22N6O2/c1-20(14-15(22-2)17-6-5-16-14)9-12-3-7-21(8-4-12)10-13-18-11-23-19-13/h5-6,11-12H,3-4,7-10H2,1-2H3. The van der Waals surface area contributed by atoms with Gasteiger partial charge in [0.05, 0.1) is 13.7 Å². The van der Waals surface area contributed by atoms with Crippen molar-refractivity contribution in [3.05, 3.63) is 24.6 Å². The van der Waals surface area contributed by atoms with Crippen LogP contribution in [0.25, 0.3) is 0 Å². The van der Waals surface area contributed by atoms with Gasteiger partial charge in [-0.2, -0.15) is 4.98 Å². The molecule has 0 aliphatic carbocycles. The predicted molar refractivity (Wildman–Crippen MR) is 84.2 cm³/mol. The molecule has 1 aliphatic rings. The Labute approximate surface area is 135 Å². The molecule has 0 unspecified atom stereocenters. The molecule has 1 aliphatic heterocycles. The molecule has 3 heterocycles. The largest absolute Gasteiger partial charge is 0.478 e. The summed E-state index contributed by atoms with van der Waals surface area (Å²) >= 11 is 0. The summed E-state index contributed by atoms with van der Waals surface area (Å²) in [7, 11) is 3.66. The zero-order chi connectivity index (χ0) is 16.1. The van der Waals surface area contributed by atoms with Crippen LogP contribution < -0.4 is 9.64 Å². The maximum Gasteiger partial charge on any atom is 0.257 e. The number of piperidine rings is 1. The topological polar surface area (TPSA) is 80.4 Å². The zero-order valence-electron chi connectivity index (χ0n) is 13.6. The fourth-order valence-electron chi connectivity index (χ4n) is 2.99. The van der Waals surface area contributed by atoms with Gasteiger partial charge in [-0.1, -0.05) is 5.16 Å². The van der Waals surface area contributed by atoms with Crippen LogP contribution in [0.3, 0.4) is 0 Å². The van der Waals surface area contributed by atoms with E-state index in [4.69, 9.17) is 9.26 Å². The van der Waals surface area contributed by atoms with Crippen molar-refractivity contribution in [3.63, 3.8) is 0 Å². The first kappa shape index (κ1) is 15.7. The van der Waals surface area contributed by atoms with Crippen molar-refractivity contribution in [2.24, 2.45) is 5.92 Å². The predicted octanol–water partition coefficient (Wildman–Crippen LogP) is 1.22. The Balaban J connectivity index is 1.50. The summed E-state index contributed by atoms with van der Waals surface area (Å²) < 4.78 is 10.1. The SMILES string of the molecule is COc1nccnc1N(C)CC1CCN(Cc2ncon2)CC1. The van der Waals surface area contributed by atoms with E-state index in [9.17, 15) is 0 Å². The van der Waals surface area contributed by atoms with Crippen LogP contribution in [-0.4, -0.2) is 58.8 Å². The van der Waals surface area contributed by atoms with Crippen molar-refractivity contribution >= 4 is 5.82 Å². The Morgan fingerprint density at radius 2 is 2.04 bits per heavy atom. The van der Waals surface area contributed by atoms with E-state index in [1.165, 1.54) is 6.39 Å². The van der Waals surface area contributed by atoms with Gasteiger partial charge in [0.2, 0.25) is 6.39 Å². The first-order chi connectivity index (χ1) is 11.3. The molecule has 8 nitrogen and oxygen atoms in total. The van der Waals surface area contributed by atoms with Crippen molar-refractivity contribution < 1.29 is 9.26 Å². The number of methoxy groups -OCH3 is 1. The third-order valence-corrected chi connectivity index (χ3v) is 4.21. The monoisotopic (exact) mass is 318 g/mol. The second kappa shape index (κ2) is 7.36. The maximum absolute atomic E-state index is 5.29. The summed E-state index contributed by atoms with van der Waals surface area (Å²) in [5.74, 6) is 2.76. The number of hydrogen-bond acceptors (Lipinski definition) is 8. The van der Waals surface area contributed by atoms with Gasteiger partial charge in [0, 0.05) is 26.0 Å². The molecule has 1 saturated heterocycles. The van der Waals surface area contributed by atoms with Gasteiger partial charge in [-0.25, -0.2) is 9.97 Å². The van der Waals surface area contributed by atoms with Crippen molar-refractivity contribution in [1.82, 2.24) is 25.0 Å². The Hall–Kier alpha value is -2.22. The fraction of sp³-hybridized carbons (Fsp3) is 0.600. The normalized spacial score (nSPS) is 16.4. The first-order valence-electron chi connectivity index (χ1n) is 7.80. The Morgan fingerprint density at radius 1 is 1.26 bits per heavy atom. The maximum atomic E-state index is 5.29. The lowest BCUT2D eigenvalue weighted by atomic mass is 9.96. The molecule has 2 aromatic rings. The number of aromatic nitrogens is 4. The number of hydrogen-bond donors (Lipinski definition) is 0. The van der Waals surface area contributed by atoms with E-state index in [1.54, 1.807) is 19.5 Å². The zero-order valence-corrected chi connectivity index (χ0v) is 13.6. The van der Waals surface area contributed by atoms with E-state index >= 15 is 0 Å². The van der Waals surface area contributed by atoms with Gasteiger partial charge in [0.1, 0.15) is 0 Å². The molecule has 0 aromatic carbocycles. The van der Waals surface area contributed by atoms with Gasteiger partial charge < -0.3 is 14.2 Å². The van der Waals surface area contributed by atoms with Crippen LogP contribution in [0.15, 0.2) is 23.3 Å². The van der Waals surface area contributed by atoms with Crippen LogP contribution in [0.4, 0.5) is 5.82 Å². The van der Waals surface area contributed by atoms with Gasteiger partial charge in [-0.3, -0.25) is 4.90 Å². The van der Waals surface area contributed by atoms with E-state index in [0.29, 0.717) is 11.8 Å². The summed E-state index contributed by atoms with van der Waals surface area (Å²) in [5.41, 5.74) is 0. The summed E-state index contributed by atoms with van der Waals surface area (Å²) in [6, 6.07) is 0. The summed E-state index contributed by atoms with van der Waals surface area (Å²) in [6.45, 7) is 3.80. The number of rotatable bonds is 6. The van der Waals surface area contributed by atoms with Crippen molar-refractivity contribution in [2.75, 3.05) is 38.7 Å². The van der Waals surface area contributed by atoms with E-state index in [1.807, 2.05) is 7.05 Å². The lowest BCUT2D eigenvalue weighted by Gasteiger charge is -2.33. The minimum absolute atomic E-state index is 0.574. The minimum Gasteiger partial charge on any atom is -0.478 e. The Bertz CT molecular complexity index is 598. The molecule has 0 radical (unpaired) electrons. The van der Waals surface area contributed by atoms with E-state index in [2.05, 4.69) is 29.9 Å². The Morgan fingerprint density at radius 3 is 2.74 bits per heavy atom. The van der Waals surface area contributed by atoms with Crippen molar-refractivity contribution in [1.29, 1.82) is 0 Å². The molecule has 0 bridgehead atoms. The molecule has 0 atom stereocenters. The molecular weight excluding hydrogens is 296 g/mol. The minimum atomic E-state index is 0.574. The third kappa shape index (κ3) is 3.95. The van der Waals surface area contributed by atoms with Crippen LogP contribution in [0, 0.1) is 5.92 Å². The number of nitrogens with zero attached hydrogens (tertiary/aromatic N) is 6. The second-order valence-corrected chi connectivity index (χ2v) is 5.84. The van der Waals surface area contributed by atoms with Crippen LogP contribution >= 0.6 is 0 Å². The number of anilines is 1. The van der Waals surface area contributed by atoms with Crippen molar-refractivity contribution in [3.8, 4) is 5.88 Å². The molecule has 0 amide bonds. The summed E-state index contributed by atoms with van der Waals surface area (Å²) in [6.07, 6.45) is 7.01. The molecule has 0 saturated carbocycles. The quantitative estimate of drug-likeness (QED) is 0.786. The van der Waals surface area contributed by atoms with Crippen LogP contribution in [-0.2, 0) is 6.54 Å². The van der Waals surface area contributed by atoms with E-state index < -0.39 is 0 Å². The second-order valence-electron chi connectivity index (χ2n) is 5.84. The van der Waals surface area contributed by atoms with Crippen LogP contribution in [0.2, 0.25) is 0 Å². The van der Waals surface area contributed by atoms with Crippen LogP contribution in [0.5, 0.6) is 5.88 Å². The van der Waals surface area contributed by atoms with E-state index in [0.717, 1.165) is 50.7 Å². The highest BCUT2D eigenvalue weighted by atomic mass is 16.5. The molecule has 0 N–H and O–H groups in total. The highest BCUT2D eigenvalue weighted by molar-refractivity contribution is 5.46. The van der Waals surface area contributed by atoms with Gasteiger partial charge in [0.15, 0.2) is 11.6 Å². The van der Waals surface area contributed by atoms with Gasteiger partial charge >= 0.3 is 0 Å². The number of ether oxygens (including phenoxy) is 1. The van der Waals surface area contributed by atoms with Gasteiger partial charge in [-0.05, 0) is 31.8 Å². The number of likely N-dealkylation sites (tertiary alicyclic amines) is 1. The molecule has 1 fully saturated rings. The molecule has 2 aromatic heterocycles. The highest BCUT2D eigenvalue weighted by Gasteiger charge is 2.22. The Kier molecular flexibility index (Phi) is 5.02. The van der Waals surface area contributed by atoms with Crippen molar-refractivity contribution in [2.45, 2.75) is 19.4 Å². The summed E-state index contributed by atoms with van der Waals surface area (Å²) in [4.78, 5) is 17.2. The average Bonchev–Trinajstić information content (AvgIpc) is 3.09. The highest BCUT2D eigenvalue weighted by Crippen LogP contribution is 2.25. The van der Waals surface area contributed by atoms with Gasteiger partial charge in [0.25, 0.3) is 5.88 Å². The van der Waals surface area contributed by atoms with Gasteiger partial charge in [-0.15, -0.1) is 0 Å². The molecule has 23 heavy (non-hydrogen) atoms. The molecule has 124 valence electrons. The van der Waals surface area contributed by atoms with Crippen LogP contribution in [0.1, 0.15) is 18.7 Å². The molecule has 0 spiro atoms. The van der Waals surface area contributed by atoms with E-state index in [-0.39, 0.29) is 0 Å². The lowest BCUT2D eigenvalue weighted by molar-refractivity contribution is 0.174. The third-order valence-electron chi connectivity index (χ3n) is 4.21. The first-order valence-corrected chi connectivity index (χ1v) is 7.80. The average molecular weight is 318 g/mol.